The zero-order chi connectivity index (χ0) is 16.1. The number of amides is 1. The Labute approximate surface area is 143 Å². The molecule has 0 aliphatic carbocycles. The molecule has 0 radical (unpaired) electrons. The highest BCUT2D eigenvalue weighted by molar-refractivity contribution is 5.85. The van der Waals surface area contributed by atoms with Crippen LogP contribution in [0.2, 0.25) is 0 Å². The summed E-state index contributed by atoms with van der Waals surface area (Å²) in [4.78, 5) is 16.3. The molecule has 126 valence electrons. The molecule has 1 aromatic carbocycles. The molecule has 1 heterocycles. The summed E-state index contributed by atoms with van der Waals surface area (Å²) in [5.41, 5.74) is 6.89. The molecular formula is C17H24ClN3O2. The molecule has 2 aromatic rings. The van der Waals surface area contributed by atoms with E-state index >= 15 is 0 Å². The number of oxazole rings is 1. The lowest BCUT2D eigenvalue weighted by molar-refractivity contribution is -0.124. The van der Waals surface area contributed by atoms with Gasteiger partial charge in [0.2, 0.25) is 11.8 Å². The highest BCUT2D eigenvalue weighted by atomic mass is 35.5. The summed E-state index contributed by atoms with van der Waals surface area (Å²) in [7, 11) is 0. The smallest absolute Gasteiger partial charge is 0.237 e. The second kappa shape index (κ2) is 8.70. The average molecular weight is 338 g/mol. The van der Waals surface area contributed by atoms with Gasteiger partial charge in [-0.25, -0.2) is 4.98 Å². The number of nitrogens with two attached hydrogens (primary N) is 1. The first-order chi connectivity index (χ1) is 10.5. The van der Waals surface area contributed by atoms with Gasteiger partial charge >= 0.3 is 0 Å². The molecule has 6 heteroatoms. The summed E-state index contributed by atoms with van der Waals surface area (Å²) in [5.74, 6) is 1.12. The largest absolute Gasteiger partial charge is 0.438 e. The van der Waals surface area contributed by atoms with E-state index in [-0.39, 0.29) is 30.3 Å². The molecule has 0 saturated carbocycles. The summed E-state index contributed by atoms with van der Waals surface area (Å²) in [6.45, 7) is 5.82. The zero-order valence-electron chi connectivity index (χ0n) is 13.7. The Morgan fingerprint density at radius 3 is 2.57 bits per heavy atom. The minimum atomic E-state index is -0.518. The van der Waals surface area contributed by atoms with Crippen LogP contribution < -0.4 is 11.1 Å². The van der Waals surface area contributed by atoms with Gasteiger partial charge in [-0.2, -0.15) is 0 Å². The molecule has 2 rings (SSSR count). The molecule has 0 aliphatic heterocycles. The van der Waals surface area contributed by atoms with E-state index in [2.05, 4.69) is 10.3 Å². The lowest BCUT2D eigenvalue weighted by atomic mass is 9.99. The second-order valence-corrected chi connectivity index (χ2v) is 5.57. The van der Waals surface area contributed by atoms with Gasteiger partial charge in [0.05, 0.1) is 12.2 Å². The highest BCUT2D eigenvalue weighted by Crippen LogP contribution is 2.22. The molecule has 5 nitrogen and oxygen atoms in total. The van der Waals surface area contributed by atoms with Crippen LogP contribution in [0.25, 0.3) is 11.3 Å². The molecule has 1 aromatic heterocycles. The topological polar surface area (TPSA) is 81.2 Å². The number of carbonyl (C=O) groups is 1. The van der Waals surface area contributed by atoms with Crippen molar-refractivity contribution >= 4 is 18.3 Å². The third-order valence-corrected chi connectivity index (χ3v) is 3.87. The first-order valence-electron chi connectivity index (χ1n) is 7.60. The standard InChI is InChI=1S/C17H23N3O2.ClH/c1-4-11(2)15(18)16(21)20-12(3)17-19-10-14(22-17)13-8-6-5-7-9-13;/h5-12,15H,4,18H2,1-3H3,(H,20,21);1H. The minimum Gasteiger partial charge on any atom is -0.438 e. The number of rotatable bonds is 6. The van der Waals surface area contributed by atoms with Crippen molar-refractivity contribution in [2.75, 3.05) is 0 Å². The van der Waals surface area contributed by atoms with Crippen molar-refractivity contribution in [2.45, 2.75) is 39.3 Å². The average Bonchev–Trinajstić information content (AvgIpc) is 3.04. The van der Waals surface area contributed by atoms with Crippen LogP contribution in [-0.4, -0.2) is 16.9 Å². The summed E-state index contributed by atoms with van der Waals surface area (Å²) < 4.78 is 5.73. The van der Waals surface area contributed by atoms with Gasteiger partial charge in [-0.1, -0.05) is 50.6 Å². The van der Waals surface area contributed by atoms with Gasteiger partial charge in [0.25, 0.3) is 0 Å². The highest BCUT2D eigenvalue weighted by Gasteiger charge is 2.23. The molecule has 3 atom stereocenters. The molecule has 0 spiro atoms. The van der Waals surface area contributed by atoms with Crippen molar-refractivity contribution in [3.8, 4) is 11.3 Å². The molecule has 23 heavy (non-hydrogen) atoms. The van der Waals surface area contributed by atoms with Gasteiger partial charge in [-0.05, 0) is 12.8 Å². The van der Waals surface area contributed by atoms with Crippen LogP contribution in [0.4, 0.5) is 0 Å². The van der Waals surface area contributed by atoms with E-state index in [0.29, 0.717) is 11.7 Å². The van der Waals surface area contributed by atoms with E-state index in [0.717, 1.165) is 12.0 Å². The fraction of sp³-hybridized carbons (Fsp3) is 0.412. The van der Waals surface area contributed by atoms with Gasteiger partial charge in [0, 0.05) is 5.56 Å². The number of nitrogens with one attached hydrogen (secondary N) is 1. The van der Waals surface area contributed by atoms with Crippen molar-refractivity contribution in [1.82, 2.24) is 10.3 Å². The van der Waals surface area contributed by atoms with Crippen LogP contribution in [0.15, 0.2) is 40.9 Å². The lowest BCUT2D eigenvalue weighted by Gasteiger charge is -2.19. The molecule has 0 bridgehead atoms. The number of halogens is 1. The molecule has 0 aliphatic rings. The second-order valence-electron chi connectivity index (χ2n) is 5.57. The van der Waals surface area contributed by atoms with Crippen molar-refractivity contribution in [3.63, 3.8) is 0 Å². The molecule has 0 fully saturated rings. The van der Waals surface area contributed by atoms with Crippen molar-refractivity contribution < 1.29 is 9.21 Å². The predicted molar refractivity (Wildman–Crippen MR) is 93.2 cm³/mol. The molecule has 1 amide bonds. The number of hydrogen-bond acceptors (Lipinski definition) is 4. The summed E-state index contributed by atoms with van der Waals surface area (Å²) >= 11 is 0. The maximum Gasteiger partial charge on any atom is 0.237 e. The Morgan fingerprint density at radius 1 is 1.30 bits per heavy atom. The SMILES string of the molecule is CCC(C)C(N)C(=O)NC(C)c1ncc(-c2ccccc2)o1.Cl. The van der Waals surface area contributed by atoms with Crippen molar-refractivity contribution in [1.29, 1.82) is 0 Å². The zero-order valence-corrected chi connectivity index (χ0v) is 14.5. The van der Waals surface area contributed by atoms with Gasteiger partial charge < -0.3 is 15.5 Å². The Balaban J connectivity index is 0.00000264. The normalized spacial score (nSPS) is 14.4. The maximum absolute atomic E-state index is 12.1. The monoisotopic (exact) mass is 337 g/mol. The minimum absolute atomic E-state index is 0. The molecule has 0 saturated heterocycles. The van der Waals surface area contributed by atoms with E-state index in [4.69, 9.17) is 10.2 Å². The lowest BCUT2D eigenvalue weighted by Crippen LogP contribution is -2.45. The van der Waals surface area contributed by atoms with E-state index in [1.807, 2.05) is 51.1 Å². The fourth-order valence-corrected chi connectivity index (χ4v) is 2.11. The van der Waals surface area contributed by atoms with Crippen LogP contribution in [0.5, 0.6) is 0 Å². The molecular weight excluding hydrogens is 314 g/mol. The Hall–Kier alpha value is -1.85. The Bertz CT molecular complexity index is 615. The van der Waals surface area contributed by atoms with E-state index in [1.54, 1.807) is 6.20 Å². The van der Waals surface area contributed by atoms with Gasteiger partial charge in [0.15, 0.2) is 5.76 Å². The first-order valence-corrected chi connectivity index (χ1v) is 7.60. The Morgan fingerprint density at radius 2 is 1.96 bits per heavy atom. The number of nitrogens with zero attached hydrogens (tertiary/aromatic N) is 1. The van der Waals surface area contributed by atoms with Gasteiger partial charge in [0.1, 0.15) is 6.04 Å². The number of aromatic nitrogens is 1. The first kappa shape index (κ1) is 19.2. The number of carbonyl (C=O) groups excluding carboxylic acids is 1. The van der Waals surface area contributed by atoms with Crippen LogP contribution in [-0.2, 0) is 4.79 Å². The van der Waals surface area contributed by atoms with Crippen molar-refractivity contribution in [3.05, 3.63) is 42.4 Å². The number of hydrogen-bond donors (Lipinski definition) is 2. The van der Waals surface area contributed by atoms with Crippen LogP contribution in [0.3, 0.4) is 0 Å². The third-order valence-electron chi connectivity index (χ3n) is 3.87. The van der Waals surface area contributed by atoms with Crippen LogP contribution in [0.1, 0.15) is 39.1 Å². The van der Waals surface area contributed by atoms with Gasteiger partial charge in [-0.3, -0.25) is 4.79 Å². The summed E-state index contributed by atoms with van der Waals surface area (Å²) in [6.07, 6.45) is 2.53. The quantitative estimate of drug-likeness (QED) is 0.847. The van der Waals surface area contributed by atoms with Crippen LogP contribution in [0, 0.1) is 5.92 Å². The van der Waals surface area contributed by atoms with Crippen molar-refractivity contribution in [2.24, 2.45) is 11.7 Å². The summed E-state index contributed by atoms with van der Waals surface area (Å²) in [5, 5.41) is 2.86. The Kier molecular flexibility index (Phi) is 7.26. The molecule has 3 unspecified atom stereocenters. The maximum atomic E-state index is 12.1. The molecule has 3 N–H and O–H groups in total. The summed E-state index contributed by atoms with van der Waals surface area (Å²) in [6, 6.07) is 8.89. The van der Waals surface area contributed by atoms with Gasteiger partial charge in [-0.15, -0.1) is 12.4 Å². The van der Waals surface area contributed by atoms with E-state index in [1.165, 1.54) is 0 Å². The van der Waals surface area contributed by atoms with Crippen LogP contribution >= 0.6 is 12.4 Å². The fourth-order valence-electron chi connectivity index (χ4n) is 2.11. The third kappa shape index (κ3) is 4.81. The number of benzene rings is 1. The van der Waals surface area contributed by atoms with E-state index in [9.17, 15) is 4.79 Å². The van der Waals surface area contributed by atoms with E-state index < -0.39 is 6.04 Å². The predicted octanol–water partition coefficient (Wildman–Crippen LogP) is 3.31.